The number of methoxy groups -OCH3 is 1. The summed E-state index contributed by atoms with van der Waals surface area (Å²) in [6.07, 6.45) is 0.829. The number of nitrogens with zero attached hydrogens (tertiary/aromatic N) is 2. The lowest BCUT2D eigenvalue weighted by molar-refractivity contribution is -0.113. The number of amidine groups is 1. The molecule has 1 N–H and O–H groups in total. The molecule has 2 aliphatic rings. The molecule has 1 saturated heterocycles. The normalized spacial score (nSPS) is 21.5. The summed E-state index contributed by atoms with van der Waals surface area (Å²) in [6, 6.07) is 14.6. The van der Waals surface area contributed by atoms with Crippen LogP contribution in [-0.4, -0.2) is 55.9 Å². The molecule has 0 radical (unpaired) electrons. The van der Waals surface area contributed by atoms with Crippen molar-refractivity contribution in [1.29, 1.82) is 0 Å². The molecule has 2 heterocycles. The highest BCUT2D eigenvalue weighted by molar-refractivity contribution is 8.14. The van der Waals surface area contributed by atoms with E-state index in [1.165, 1.54) is 11.8 Å². The molecule has 4 rings (SSSR count). The van der Waals surface area contributed by atoms with Gasteiger partial charge in [0.1, 0.15) is 5.75 Å². The Kier molecular flexibility index (Phi) is 6.24. The molecule has 0 unspecified atom stereocenters. The van der Waals surface area contributed by atoms with Gasteiger partial charge in [-0.3, -0.25) is 9.79 Å². The second kappa shape index (κ2) is 8.92. The highest BCUT2D eigenvalue weighted by atomic mass is 32.2. The second-order valence-electron chi connectivity index (χ2n) is 7.51. The molecule has 0 aromatic heterocycles. The fourth-order valence-corrected chi connectivity index (χ4v) is 6.77. The minimum absolute atomic E-state index is 0.0312. The van der Waals surface area contributed by atoms with E-state index in [0.717, 1.165) is 23.4 Å². The number of hydrogen-bond acceptors (Lipinski definition) is 7. The monoisotopic (exact) mass is 459 g/mol. The standard InChI is InChI=1S/C22H25N3O4S2/c1-3-15-8-4-5-9-16(15)23-21(26)12-30-22-24-17-13-31(27,28)14-19(17)25(22)18-10-6-7-11-20(18)29-2/h4-11,17,19H,3,12-14H2,1-2H3,(H,23,26)/t17-,19+/m1/s1. The molecule has 31 heavy (non-hydrogen) atoms. The number of carbonyl (C=O) groups excluding carboxylic acids is 1. The summed E-state index contributed by atoms with van der Waals surface area (Å²) in [5.41, 5.74) is 2.65. The van der Waals surface area contributed by atoms with Crippen LogP contribution in [0.1, 0.15) is 12.5 Å². The number of hydrogen-bond donors (Lipinski definition) is 1. The molecule has 0 aliphatic carbocycles. The Morgan fingerprint density at radius 3 is 2.71 bits per heavy atom. The molecule has 1 amide bonds. The van der Waals surface area contributed by atoms with Crippen LogP contribution >= 0.6 is 11.8 Å². The molecule has 1 fully saturated rings. The van der Waals surface area contributed by atoms with Gasteiger partial charge in [-0.2, -0.15) is 0 Å². The van der Waals surface area contributed by atoms with Gasteiger partial charge in [-0.25, -0.2) is 8.42 Å². The third-order valence-electron chi connectivity index (χ3n) is 5.46. The van der Waals surface area contributed by atoms with Gasteiger partial charge in [0.05, 0.1) is 42.1 Å². The van der Waals surface area contributed by atoms with Gasteiger partial charge in [-0.1, -0.05) is 49.0 Å². The molecular weight excluding hydrogens is 434 g/mol. The van der Waals surface area contributed by atoms with Crippen LogP contribution in [0.2, 0.25) is 0 Å². The number of fused-ring (bicyclic) bond motifs is 1. The van der Waals surface area contributed by atoms with E-state index in [1.54, 1.807) is 7.11 Å². The summed E-state index contributed by atoms with van der Waals surface area (Å²) >= 11 is 1.32. The third-order valence-corrected chi connectivity index (χ3v) is 8.12. The highest BCUT2D eigenvalue weighted by Gasteiger charge is 2.47. The number of para-hydroxylation sites is 3. The maximum absolute atomic E-state index is 12.6. The minimum atomic E-state index is -3.15. The SMILES string of the molecule is CCc1ccccc1NC(=O)CSC1=N[C@@H]2CS(=O)(=O)C[C@@H]2N1c1ccccc1OC. The summed E-state index contributed by atoms with van der Waals surface area (Å²) < 4.78 is 29.9. The number of rotatable bonds is 6. The van der Waals surface area contributed by atoms with Gasteiger partial charge < -0.3 is 15.0 Å². The van der Waals surface area contributed by atoms with Crippen molar-refractivity contribution in [2.75, 3.05) is 34.6 Å². The Balaban J connectivity index is 1.54. The molecule has 164 valence electrons. The number of sulfone groups is 1. The zero-order chi connectivity index (χ0) is 22.0. The molecular formula is C22H25N3O4S2. The van der Waals surface area contributed by atoms with Gasteiger partial charge in [0.2, 0.25) is 5.91 Å². The van der Waals surface area contributed by atoms with E-state index in [2.05, 4.69) is 10.3 Å². The van der Waals surface area contributed by atoms with Crippen molar-refractivity contribution in [2.24, 2.45) is 4.99 Å². The van der Waals surface area contributed by atoms with Crippen molar-refractivity contribution in [3.8, 4) is 5.75 Å². The van der Waals surface area contributed by atoms with Crippen molar-refractivity contribution >= 4 is 44.0 Å². The lowest BCUT2D eigenvalue weighted by Gasteiger charge is -2.27. The first-order chi connectivity index (χ1) is 14.9. The van der Waals surface area contributed by atoms with E-state index in [-0.39, 0.29) is 35.2 Å². The Hall–Kier alpha value is -2.52. The molecule has 7 nitrogen and oxygen atoms in total. The number of ether oxygens (including phenoxy) is 1. The number of anilines is 2. The lowest BCUT2D eigenvalue weighted by Crippen LogP contribution is -2.39. The van der Waals surface area contributed by atoms with E-state index in [1.807, 2.05) is 60.4 Å². The minimum Gasteiger partial charge on any atom is -0.495 e. The van der Waals surface area contributed by atoms with Gasteiger partial charge >= 0.3 is 0 Å². The third kappa shape index (κ3) is 4.57. The predicted molar refractivity (Wildman–Crippen MR) is 126 cm³/mol. The quantitative estimate of drug-likeness (QED) is 0.715. The topological polar surface area (TPSA) is 88.1 Å². The van der Waals surface area contributed by atoms with E-state index in [0.29, 0.717) is 10.9 Å². The molecule has 9 heteroatoms. The number of carbonyl (C=O) groups is 1. The maximum atomic E-state index is 12.6. The predicted octanol–water partition coefficient (Wildman–Crippen LogP) is 2.97. The van der Waals surface area contributed by atoms with Crippen LogP contribution in [0.5, 0.6) is 5.75 Å². The summed E-state index contributed by atoms with van der Waals surface area (Å²) in [7, 11) is -1.56. The Morgan fingerprint density at radius 1 is 1.19 bits per heavy atom. The molecule has 2 atom stereocenters. The number of aryl methyl sites for hydroxylation is 1. The molecule has 2 aromatic carbocycles. The highest BCUT2D eigenvalue weighted by Crippen LogP contribution is 2.39. The van der Waals surface area contributed by atoms with Crippen LogP contribution in [0.25, 0.3) is 0 Å². The maximum Gasteiger partial charge on any atom is 0.234 e. The van der Waals surface area contributed by atoms with Gasteiger partial charge in [-0.15, -0.1) is 0 Å². The van der Waals surface area contributed by atoms with Crippen LogP contribution < -0.4 is 15.0 Å². The van der Waals surface area contributed by atoms with Crippen LogP contribution in [0.3, 0.4) is 0 Å². The van der Waals surface area contributed by atoms with Crippen LogP contribution in [0.15, 0.2) is 53.5 Å². The summed E-state index contributed by atoms with van der Waals surface area (Å²) in [4.78, 5) is 19.2. The summed E-state index contributed by atoms with van der Waals surface area (Å²) in [5.74, 6) is 0.762. The number of benzene rings is 2. The van der Waals surface area contributed by atoms with Crippen LogP contribution in [0, 0.1) is 0 Å². The van der Waals surface area contributed by atoms with Crippen molar-refractivity contribution < 1.29 is 17.9 Å². The number of nitrogens with one attached hydrogen (secondary N) is 1. The second-order valence-corrected chi connectivity index (χ2v) is 10.6. The summed E-state index contributed by atoms with van der Waals surface area (Å²) in [5, 5.41) is 3.62. The van der Waals surface area contributed by atoms with Crippen LogP contribution in [0.4, 0.5) is 11.4 Å². The van der Waals surface area contributed by atoms with Gasteiger partial charge in [0.15, 0.2) is 15.0 Å². The molecule has 2 aromatic rings. The smallest absolute Gasteiger partial charge is 0.234 e. The van der Waals surface area contributed by atoms with Crippen molar-refractivity contribution in [1.82, 2.24) is 0 Å². The molecule has 0 bridgehead atoms. The van der Waals surface area contributed by atoms with E-state index >= 15 is 0 Å². The fourth-order valence-electron chi connectivity index (χ4n) is 4.01. The zero-order valence-corrected chi connectivity index (χ0v) is 19.1. The Labute approximate surface area is 186 Å². The number of thioether (sulfide) groups is 1. The molecule has 0 saturated carbocycles. The first-order valence-electron chi connectivity index (χ1n) is 10.1. The van der Waals surface area contributed by atoms with Crippen LogP contribution in [-0.2, 0) is 21.1 Å². The molecule has 0 spiro atoms. The van der Waals surface area contributed by atoms with E-state index < -0.39 is 9.84 Å². The molecule has 2 aliphatic heterocycles. The Morgan fingerprint density at radius 2 is 1.94 bits per heavy atom. The average Bonchev–Trinajstić information content (AvgIpc) is 3.23. The largest absolute Gasteiger partial charge is 0.495 e. The zero-order valence-electron chi connectivity index (χ0n) is 17.4. The Bertz CT molecular complexity index is 1120. The van der Waals surface area contributed by atoms with Crippen molar-refractivity contribution in [2.45, 2.75) is 25.4 Å². The number of amides is 1. The summed E-state index contributed by atoms with van der Waals surface area (Å²) in [6.45, 7) is 2.05. The van der Waals surface area contributed by atoms with Crippen molar-refractivity contribution in [3.05, 3.63) is 54.1 Å². The lowest BCUT2D eigenvalue weighted by atomic mass is 10.1. The fraction of sp³-hybridized carbons (Fsp3) is 0.364. The first-order valence-corrected chi connectivity index (χ1v) is 12.9. The van der Waals surface area contributed by atoms with E-state index in [4.69, 9.17) is 4.74 Å². The first kappa shape index (κ1) is 21.7. The van der Waals surface area contributed by atoms with Gasteiger partial charge in [0, 0.05) is 5.69 Å². The van der Waals surface area contributed by atoms with Crippen molar-refractivity contribution in [3.63, 3.8) is 0 Å². The number of aliphatic imine (C=N–C) groups is 1. The van der Waals surface area contributed by atoms with Gasteiger partial charge in [-0.05, 0) is 30.2 Å². The average molecular weight is 460 g/mol. The van der Waals surface area contributed by atoms with E-state index in [9.17, 15) is 13.2 Å². The van der Waals surface area contributed by atoms with Gasteiger partial charge in [0.25, 0.3) is 0 Å².